The number of likely N-dealkylation sites (N-methyl/N-ethyl adjacent to an activating group) is 1. The Hall–Kier alpha value is -4.96. The number of phenolic OH excluding ortho intramolecular Hbond substituents is 1. The number of carboxylic acid groups (broad SMARTS) is 1. The molecular weight excluding hydrogens is 780 g/mol. The first-order chi connectivity index (χ1) is 25.6. The molecule has 4 aromatic carbocycles. The van der Waals surface area contributed by atoms with Crippen LogP contribution in [0.2, 0.25) is 0 Å². The number of benzene rings is 4. The largest absolute Gasteiger partial charge is 0.507 e. The molecule has 0 aliphatic carbocycles. The minimum Gasteiger partial charge on any atom is -0.507 e. The van der Waals surface area contributed by atoms with Gasteiger partial charge >= 0.3 is 5.97 Å². The van der Waals surface area contributed by atoms with Crippen LogP contribution in [0.3, 0.4) is 0 Å². The Balaban J connectivity index is 0.992. The highest BCUT2D eigenvalue weighted by atomic mass is 79.9. The number of aromatic amines is 2. The van der Waals surface area contributed by atoms with Gasteiger partial charge in [0.2, 0.25) is 5.91 Å². The fraction of sp³-hybridized carbons (Fsp3) is 0.211. The van der Waals surface area contributed by atoms with Crippen LogP contribution in [0.15, 0.2) is 78.9 Å². The highest BCUT2D eigenvalue weighted by molar-refractivity contribution is 9.09. The van der Waals surface area contributed by atoms with E-state index in [0.717, 1.165) is 38.1 Å². The number of carbonyl (C=O) groups excluding carboxylic acids is 3. The molecule has 0 fully saturated rings. The van der Waals surface area contributed by atoms with Gasteiger partial charge in [-0.3, -0.25) is 19.2 Å². The Labute approximate surface area is 320 Å². The second-order valence-corrected chi connectivity index (χ2v) is 15.9. The number of aromatic nitrogens is 2. The van der Waals surface area contributed by atoms with E-state index in [1.165, 1.54) is 21.6 Å². The van der Waals surface area contributed by atoms with E-state index in [1.807, 2.05) is 30.3 Å². The number of amides is 3. The van der Waals surface area contributed by atoms with Gasteiger partial charge in [0, 0.05) is 80.4 Å². The van der Waals surface area contributed by atoms with E-state index < -0.39 is 12.0 Å². The van der Waals surface area contributed by atoms with Gasteiger partial charge < -0.3 is 41.0 Å². The first kappa shape index (κ1) is 36.4. The van der Waals surface area contributed by atoms with Gasteiger partial charge in [0.25, 0.3) is 11.8 Å². The zero-order valence-electron chi connectivity index (χ0n) is 28.4. The van der Waals surface area contributed by atoms with Gasteiger partial charge in [0.1, 0.15) is 23.2 Å². The van der Waals surface area contributed by atoms with Crippen LogP contribution in [0.25, 0.3) is 32.6 Å². The molecule has 53 heavy (non-hydrogen) atoms. The van der Waals surface area contributed by atoms with Crippen LogP contribution in [-0.2, 0) is 9.59 Å². The maximum absolute atomic E-state index is 13.9. The lowest BCUT2D eigenvalue weighted by Gasteiger charge is -2.17. The molecule has 15 heteroatoms. The van der Waals surface area contributed by atoms with Crippen LogP contribution in [0.5, 0.6) is 5.75 Å². The molecule has 0 radical (unpaired) electrons. The second-order valence-electron chi connectivity index (χ2n) is 12.6. The molecule has 0 saturated heterocycles. The molecule has 3 heterocycles. The number of carbonyl (C=O) groups is 4. The molecular formula is C38H35BrN6O6S2. The summed E-state index contributed by atoms with van der Waals surface area (Å²) in [7, 11) is 4.45. The van der Waals surface area contributed by atoms with Gasteiger partial charge in [-0.05, 0) is 66.5 Å². The average Bonchev–Trinajstić information content (AvgIpc) is 3.88. The number of aliphatic carboxylic acids is 1. The van der Waals surface area contributed by atoms with Crippen LogP contribution < -0.4 is 20.9 Å². The first-order valence-corrected chi connectivity index (χ1v) is 20.4. The molecule has 3 amide bonds. The molecule has 0 spiro atoms. The second kappa shape index (κ2) is 15.6. The van der Waals surface area contributed by atoms with Gasteiger partial charge in [-0.2, -0.15) is 0 Å². The van der Waals surface area contributed by atoms with Crippen LogP contribution >= 0.6 is 37.5 Å². The summed E-state index contributed by atoms with van der Waals surface area (Å²) >= 11 is 3.62. The number of halogens is 1. The van der Waals surface area contributed by atoms with Crippen LogP contribution in [-0.4, -0.2) is 80.3 Å². The molecule has 1 aliphatic rings. The van der Waals surface area contributed by atoms with E-state index >= 15 is 0 Å². The van der Waals surface area contributed by atoms with Gasteiger partial charge in [-0.25, -0.2) is 0 Å². The zero-order valence-corrected chi connectivity index (χ0v) is 31.6. The smallest absolute Gasteiger partial charge is 0.321 e. The van der Waals surface area contributed by atoms with Crippen LogP contribution in [0.4, 0.5) is 17.1 Å². The van der Waals surface area contributed by atoms with Gasteiger partial charge in [0.15, 0.2) is 0 Å². The maximum atomic E-state index is 13.9. The molecule has 6 aromatic rings. The van der Waals surface area contributed by atoms with E-state index in [2.05, 4.69) is 41.8 Å². The lowest BCUT2D eigenvalue weighted by molar-refractivity contribution is -0.138. The average molecular weight is 816 g/mol. The van der Waals surface area contributed by atoms with E-state index in [-0.39, 0.29) is 35.8 Å². The minimum atomic E-state index is -0.910. The predicted molar refractivity (Wildman–Crippen MR) is 217 cm³/mol. The molecule has 1 aliphatic heterocycles. The number of hydrogen-bond acceptors (Lipinski definition) is 8. The standard InChI is InChI=1S/C38H35BrN6O6S2/c1-40-31(38(50)51)19-53-52-11-10-34(47)41-23-6-8-27-20(12-23)14-29(43-27)36(48)42-24-7-9-28-21(13-24)15-30(44-28)37(49)45-18-22(17-39)35-26-5-3-2-4-25(26)33(46)16-32(35)45/h2-9,12-16,22,31,40,43-44,46H,10-11,17-19H2,1H3,(H,41,47)(H,42,48)(H,50,51)/t22?,31-/m0/s1. The third-order valence-corrected chi connectivity index (χ3v) is 12.4. The Kier molecular flexibility index (Phi) is 10.7. The SMILES string of the molecule is CN[C@@H](CSSCCC(=O)Nc1ccc2[nH]c(C(=O)Nc3ccc4[nH]c(C(=O)N5CC(CBr)c6c5cc(O)c5ccccc65)cc4c3)cc2c1)C(=O)O. The molecule has 12 nitrogen and oxygen atoms in total. The highest BCUT2D eigenvalue weighted by Gasteiger charge is 2.35. The summed E-state index contributed by atoms with van der Waals surface area (Å²) in [5.74, 6) is -0.532. The fourth-order valence-electron chi connectivity index (χ4n) is 6.56. The number of rotatable bonds is 13. The van der Waals surface area contributed by atoms with Gasteiger partial charge in [-0.15, -0.1) is 0 Å². The summed E-state index contributed by atoms with van der Waals surface area (Å²) < 4.78 is 0. The number of phenols is 1. The third-order valence-electron chi connectivity index (χ3n) is 9.21. The van der Waals surface area contributed by atoms with Crippen molar-refractivity contribution in [1.82, 2.24) is 15.3 Å². The summed E-state index contributed by atoms with van der Waals surface area (Å²) in [5, 5.41) is 32.3. The van der Waals surface area contributed by atoms with Crippen molar-refractivity contribution in [1.29, 1.82) is 0 Å². The Morgan fingerprint density at radius 1 is 0.887 bits per heavy atom. The topological polar surface area (TPSA) is 180 Å². The summed E-state index contributed by atoms with van der Waals surface area (Å²) in [6.45, 7) is 0.468. The third kappa shape index (κ3) is 7.60. The van der Waals surface area contributed by atoms with Crippen molar-refractivity contribution in [2.45, 2.75) is 18.4 Å². The van der Waals surface area contributed by atoms with Crippen molar-refractivity contribution in [3.63, 3.8) is 0 Å². The Morgan fingerprint density at radius 3 is 2.23 bits per heavy atom. The summed E-state index contributed by atoms with van der Waals surface area (Å²) in [6.07, 6.45) is 0.265. The normalized spacial score (nSPS) is 14.5. The molecule has 7 rings (SSSR count). The monoisotopic (exact) mass is 814 g/mol. The van der Waals surface area contributed by atoms with Crippen molar-refractivity contribution in [3.8, 4) is 5.75 Å². The summed E-state index contributed by atoms with van der Waals surface area (Å²) in [4.78, 5) is 58.9. The molecule has 0 saturated carbocycles. The highest BCUT2D eigenvalue weighted by Crippen LogP contribution is 2.46. The Bertz CT molecular complexity index is 2400. The molecule has 2 aromatic heterocycles. The van der Waals surface area contributed by atoms with E-state index in [4.69, 9.17) is 5.11 Å². The number of hydrogen-bond donors (Lipinski definition) is 7. The number of H-pyrrole nitrogens is 2. The summed E-state index contributed by atoms with van der Waals surface area (Å²) in [6, 6.07) is 22.9. The van der Waals surface area contributed by atoms with Gasteiger partial charge in [0.05, 0.1) is 5.69 Å². The molecule has 2 atom stereocenters. The molecule has 7 N–H and O–H groups in total. The van der Waals surface area contributed by atoms with Crippen molar-refractivity contribution >= 4 is 111 Å². The lowest BCUT2D eigenvalue weighted by Crippen LogP contribution is -2.35. The number of aromatic hydroxyl groups is 1. The molecule has 0 bridgehead atoms. The first-order valence-electron chi connectivity index (χ1n) is 16.8. The predicted octanol–water partition coefficient (Wildman–Crippen LogP) is 7.28. The number of nitrogens with one attached hydrogen (secondary N) is 5. The Morgan fingerprint density at radius 2 is 1.55 bits per heavy atom. The molecule has 1 unspecified atom stereocenters. The number of anilines is 3. The summed E-state index contributed by atoms with van der Waals surface area (Å²) in [5.41, 5.74) is 5.08. The zero-order chi connectivity index (χ0) is 37.2. The van der Waals surface area contributed by atoms with Crippen molar-refractivity contribution in [3.05, 3.63) is 95.8 Å². The number of fused-ring (bicyclic) bond motifs is 5. The number of nitrogens with zero attached hydrogens (tertiary/aromatic N) is 1. The van der Waals surface area contributed by atoms with Crippen molar-refractivity contribution in [2.24, 2.45) is 0 Å². The van der Waals surface area contributed by atoms with Crippen LogP contribution in [0.1, 0.15) is 38.9 Å². The van der Waals surface area contributed by atoms with Crippen molar-refractivity contribution in [2.75, 3.05) is 46.0 Å². The lowest BCUT2D eigenvalue weighted by atomic mass is 9.95. The van der Waals surface area contributed by atoms with Crippen molar-refractivity contribution < 1.29 is 29.4 Å². The molecule has 272 valence electrons. The maximum Gasteiger partial charge on any atom is 0.321 e. The quantitative estimate of drug-likeness (QED) is 0.0358. The van der Waals surface area contributed by atoms with E-state index in [0.29, 0.717) is 51.8 Å². The fourth-order valence-corrected chi connectivity index (χ4v) is 9.32. The number of alkyl halides is 1. The minimum absolute atomic E-state index is 0.0606. The van der Waals surface area contributed by atoms with E-state index in [9.17, 15) is 24.3 Å². The van der Waals surface area contributed by atoms with E-state index in [1.54, 1.807) is 60.5 Å². The number of carboxylic acids is 1. The van der Waals surface area contributed by atoms with Gasteiger partial charge in [-0.1, -0.05) is 61.8 Å². The van der Waals surface area contributed by atoms with Crippen LogP contribution in [0, 0.1) is 0 Å².